The van der Waals surface area contributed by atoms with Gasteiger partial charge in [0.05, 0.1) is 17.6 Å². The highest BCUT2D eigenvalue weighted by atomic mass is 32.1. The summed E-state index contributed by atoms with van der Waals surface area (Å²) in [5.41, 5.74) is 0.846. The number of alkyl halides is 3. The predicted molar refractivity (Wildman–Crippen MR) is 114 cm³/mol. The van der Waals surface area contributed by atoms with Gasteiger partial charge in [-0.1, -0.05) is 0 Å². The zero-order valence-electron chi connectivity index (χ0n) is 16.8. The molecule has 3 aliphatic rings. The molecule has 2 amide bonds. The summed E-state index contributed by atoms with van der Waals surface area (Å²) >= 11 is 1.33. The number of aromatic nitrogens is 2. The first-order chi connectivity index (χ1) is 14.9. The molecule has 3 aliphatic heterocycles. The van der Waals surface area contributed by atoms with Gasteiger partial charge in [0.2, 0.25) is 0 Å². The van der Waals surface area contributed by atoms with Crippen molar-refractivity contribution in [2.75, 3.05) is 46.2 Å². The second kappa shape index (κ2) is 7.85. The van der Waals surface area contributed by atoms with Gasteiger partial charge < -0.3 is 9.80 Å². The van der Waals surface area contributed by atoms with Crippen LogP contribution in [0.5, 0.6) is 0 Å². The lowest BCUT2D eigenvalue weighted by molar-refractivity contribution is -0.176. The number of thiazole rings is 1. The van der Waals surface area contributed by atoms with Crippen LogP contribution in [0, 0.1) is 5.92 Å². The van der Waals surface area contributed by atoms with Gasteiger partial charge in [0.1, 0.15) is 5.82 Å². The molecule has 5 rings (SSSR count). The van der Waals surface area contributed by atoms with Crippen LogP contribution in [0.2, 0.25) is 0 Å². The Labute approximate surface area is 181 Å². The van der Waals surface area contributed by atoms with Gasteiger partial charge in [-0.25, -0.2) is 14.8 Å². The topological polar surface area (TPSA) is 64.6 Å². The van der Waals surface area contributed by atoms with Crippen LogP contribution in [-0.4, -0.2) is 54.4 Å². The molecule has 7 nitrogen and oxygen atoms in total. The Balaban J connectivity index is 1.47. The smallest absolute Gasteiger partial charge is 0.366 e. The molecule has 0 aromatic carbocycles. The summed E-state index contributed by atoms with van der Waals surface area (Å²) in [7, 11) is 0. The summed E-state index contributed by atoms with van der Waals surface area (Å²) in [6.07, 6.45) is -0.167. The van der Waals surface area contributed by atoms with E-state index in [9.17, 15) is 18.0 Å². The molecule has 1 N–H and O–H groups in total. The fourth-order valence-electron chi connectivity index (χ4n) is 4.74. The van der Waals surface area contributed by atoms with Crippen molar-refractivity contribution < 1.29 is 18.0 Å². The molecule has 0 spiro atoms. The van der Waals surface area contributed by atoms with Gasteiger partial charge in [-0.15, -0.1) is 11.3 Å². The van der Waals surface area contributed by atoms with E-state index in [1.165, 1.54) is 11.3 Å². The van der Waals surface area contributed by atoms with E-state index in [2.05, 4.69) is 15.2 Å². The third kappa shape index (κ3) is 3.90. The van der Waals surface area contributed by atoms with Gasteiger partial charge >= 0.3 is 12.2 Å². The van der Waals surface area contributed by atoms with Crippen LogP contribution in [0.25, 0.3) is 0 Å². The monoisotopic (exact) mass is 452 g/mol. The zero-order valence-corrected chi connectivity index (χ0v) is 17.6. The number of halogens is 3. The highest BCUT2D eigenvalue weighted by Crippen LogP contribution is 2.41. The lowest BCUT2D eigenvalue weighted by Crippen LogP contribution is -2.56. The second-order valence-electron chi connectivity index (χ2n) is 8.22. The first-order valence-electron chi connectivity index (χ1n) is 10.5. The van der Waals surface area contributed by atoms with E-state index < -0.39 is 12.1 Å². The molecule has 31 heavy (non-hydrogen) atoms. The quantitative estimate of drug-likeness (QED) is 0.735. The van der Waals surface area contributed by atoms with Crippen molar-refractivity contribution >= 4 is 39.8 Å². The number of fused-ring (bicyclic) bond motifs is 4. The third-order valence-corrected chi connectivity index (χ3v) is 6.93. The molecule has 2 atom stereocenters. The van der Waals surface area contributed by atoms with E-state index in [1.54, 1.807) is 27.4 Å². The average Bonchev–Trinajstić information content (AvgIpc) is 3.26. The molecule has 0 saturated carbocycles. The number of anilines is 4. The third-order valence-electron chi connectivity index (χ3n) is 6.24. The van der Waals surface area contributed by atoms with E-state index in [0.29, 0.717) is 29.7 Å². The van der Waals surface area contributed by atoms with Gasteiger partial charge in [0.25, 0.3) is 0 Å². The molecular weight excluding hydrogens is 429 g/mol. The van der Waals surface area contributed by atoms with Gasteiger partial charge in [0.15, 0.2) is 10.9 Å². The maximum Gasteiger partial charge on any atom is 0.393 e. The molecule has 1 unspecified atom stereocenters. The Morgan fingerprint density at radius 1 is 1.13 bits per heavy atom. The zero-order chi connectivity index (χ0) is 21.6. The van der Waals surface area contributed by atoms with Gasteiger partial charge in [-0.3, -0.25) is 10.2 Å². The largest absolute Gasteiger partial charge is 0.393 e. The SMILES string of the molecule is O=C(Nc1nccs1)N1c2nc(N3CCCC(C(F)(F)F)C3)ccc2N2CCC[C@@H]1C2. The summed E-state index contributed by atoms with van der Waals surface area (Å²) in [4.78, 5) is 27.6. The summed E-state index contributed by atoms with van der Waals surface area (Å²) in [6.45, 7) is 2.02. The van der Waals surface area contributed by atoms with Gasteiger partial charge in [-0.05, 0) is 37.8 Å². The van der Waals surface area contributed by atoms with E-state index in [0.717, 1.165) is 31.6 Å². The highest BCUT2D eigenvalue weighted by Gasteiger charge is 2.43. The van der Waals surface area contributed by atoms with Crippen molar-refractivity contribution in [1.29, 1.82) is 0 Å². The van der Waals surface area contributed by atoms with Crippen molar-refractivity contribution in [2.24, 2.45) is 5.92 Å². The summed E-state index contributed by atoms with van der Waals surface area (Å²) in [5, 5.41) is 5.12. The van der Waals surface area contributed by atoms with Crippen LogP contribution in [0.4, 0.5) is 40.4 Å². The fourth-order valence-corrected chi connectivity index (χ4v) is 5.26. The predicted octanol–water partition coefficient (Wildman–Crippen LogP) is 4.34. The maximum absolute atomic E-state index is 13.3. The number of hydrogen-bond donors (Lipinski definition) is 1. The highest BCUT2D eigenvalue weighted by molar-refractivity contribution is 7.13. The van der Waals surface area contributed by atoms with Crippen molar-refractivity contribution in [3.63, 3.8) is 0 Å². The molecular formula is C20H23F3N6OS. The Morgan fingerprint density at radius 3 is 2.71 bits per heavy atom. The first-order valence-corrected chi connectivity index (χ1v) is 11.4. The molecule has 2 fully saturated rings. The molecule has 11 heteroatoms. The van der Waals surface area contributed by atoms with E-state index >= 15 is 0 Å². The molecule has 0 aliphatic carbocycles. The lowest BCUT2D eigenvalue weighted by Gasteiger charge is -2.46. The minimum absolute atomic E-state index is 0.0340. The standard InChI is InChI=1S/C20H23F3N6OS/c21-20(22,23)13-3-1-9-28(11-13)16-6-5-15-17(25-16)29(14-4-2-8-27(15)12-14)19(30)26-18-24-7-10-31-18/h5-7,10,13-14H,1-4,8-9,11-12H2,(H,24,26,30)/t13?,14-/m1/s1. The van der Waals surface area contributed by atoms with Crippen molar-refractivity contribution in [1.82, 2.24) is 9.97 Å². The molecule has 2 saturated heterocycles. The van der Waals surface area contributed by atoms with Crippen LogP contribution in [0.15, 0.2) is 23.7 Å². The van der Waals surface area contributed by atoms with E-state index in [1.807, 2.05) is 6.07 Å². The summed E-state index contributed by atoms with van der Waals surface area (Å²) < 4.78 is 39.9. The number of pyridine rings is 1. The normalized spacial score (nSPS) is 23.5. The molecule has 2 aromatic rings. The molecule has 2 bridgehead atoms. The molecule has 0 radical (unpaired) electrons. The number of urea groups is 1. The number of nitrogens with one attached hydrogen (secondary N) is 1. The minimum atomic E-state index is -4.21. The number of nitrogens with zero attached hydrogens (tertiary/aromatic N) is 5. The lowest BCUT2D eigenvalue weighted by atomic mass is 9.97. The van der Waals surface area contributed by atoms with Crippen LogP contribution < -0.4 is 20.0 Å². The molecule has 2 aromatic heterocycles. The number of piperidine rings is 2. The van der Waals surface area contributed by atoms with Gasteiger partial charge in [0, 0.05) is 37.8 Å². The Kier molecular flexibility index (Phi) is 5.15. The summed E-state index contributed by atoms with van der Waals surface area (Å²) in [5.74, 6) is -0.357. The number of hydrogen-bond acceptors (Lipinski definition) is 6. The van der Waals surface area contributed by atoms with Gasteiger partial charge in [-0.2, -0.15) is 13.2 Å². The Bertz CT molecular complexity index is 953. The van der Waals surface area contributed by atoms with Crippen molar-refractivity contribution in [3.8, 4) is 0 Å². The molecule has 166 valence electrons. The molecule has 5 heterocycles. The summed E-state index contributed by atoms with van der Waals surface area (Å²) in [6, 6.07) is 3.33. The average molecular weight is 453 g/mol. The Morgan fingerprint density at radius 2 is 1.94 bits per heavy atom. The van der Waals surface area contributed by atoms with Crippen LogP contribution in [0.3, 0.4) is 0 Å². The van der Waals surface area contributed by atoms with E-state index in [4.69, 9.17) is 4.98 Å². The Hall–Kier alpha value is -2.56. The van der Waals surface area contributed by atoms with Crippen molar-refractivity contribution in [3.05, 3.63) is 23.7 Å². The number of amides is 2. The fraction of sp³-hybridized carbons (Fsp3) is 0.550. The van der Waals surface area contributed by atoms with Crippen LogP contribution >= 0.6 is 11.3 Å². The van der Waals surface area contributed by atoms with Crippen LogP contribution in [-0.2, 0) is 0 Å². The van der Waals surface area contributed by atoms with Crippen LogP contribution in [0.1, 0.15) is 25.7 Å². The first kappa shape index (κ1) is 20.3. The maximum atomic E-state index is 13.3. The van der Waals surface area contributed by atoms with Crippen molar-refractivity contribution in [2.45, 2.75) is 37.9 Å². The second-order valence-corrected chi connectivity index (χ2v) is 9.11. The number of rotatable bonds is 2. The number of carbonyl (C=O) groups excluding carboxylic acids is 1. The minimum Gasteiger partial charge on any atom is -0.366 e. The van der Waals surface area contributed by atoms with E-state index in [-0.39, 0.29) is 25.0 Å². The number of carbonyl (C=O) groups is 1.